The largest absolute Gasteiger partial charge is 0.350 e. The summed E-state index contributed by atoms with van der Waals surface area (Å²) in [6.45, 7) is 3.93. The normalized spacial score (nSPS) is 11.3. The Morgan fingerprint density at radius 2 is 1.78 bits per heavy atom. The number of aromatic nitrogens is 5. The molecule has 0 radical (unpaired) electrons. The van der Waals surface area contributed by atoms with Gasteiger partial charge in [0.15, 0.2) is 5.65 Å². The molecule has 5 rings (SSSR count). The van der Waals surface area contributed by atoms with E-state index >= 15 is 0 Å². The predicted molar refractivity (Wildman–Crippen MR) is 123 cm³/mol. The molecule has 8 heteroatoms. The lowest BCUT2D eigenvalue weighted by molar-refractivity contribution is -0.119. The number of hydrogen-bond acceptors (Lipinski definition) is 4. The molecule has 2 aromatic carbocycles. The van der Waals surface area contributed by atoms with Crippen LogP contribution in [0.3, 0.4) is 0 Å². The van der Waals surface area contributed by atoms with Crippen molar-refractivity contribution in [1.29, 1.82) is 0 Å². The van der Waals surface area contributed by atoms with Gasteiger partial charge < -0.3 is 4.90 Å². The van der Waals surface area contributed by atoms with Gasteiger partial charge in [0.2, 0.25) is 5.91 Å². The van der Waals surface area contributed by atoms with Crippen LogP contribution in [0.4, 0.5) is 5.69 Å². The average Bonchev–Trinajstić information content (AvgIpc) is 3.37. The molecule has 3 heterocycles. The van der Waals surface area contributed by atoms with Gasteiger partial charge in [-0.15, -0.1) is 5.10 Å². The summed E-state index contributed by atoms with van der Waals surface area (Å²) in [7, 11) is 1.68. The zero-order valence-corrected chi connectivity index (χ0v) is 18.1. The molecule has 32 heavy (non-hydrogen) atoms. The first-order chi connectivity index (χ1) is 15.4. The summed E-state index contributed by atoms with van der Waals surface area (Å²) in [4.78, 5) is 27.2. The molecule has 160 valence electrons. The molecular weight excluding hydrogens is 404 g/mol. The molecule has 0 aliphatic heterocycles. The third-order valence-electron chi connectivity index (χ3n) is 5.66. The molecule has 0 N–H and O–H groups in total. The van der Waals surface area contributed by atoms with Crippen molar-refractivity contribution in [3.8, 4) is 11.3 Å². The number of aryl methyl sites for hydroxylation is 2. The third kappa shape index (κ3) is 3.26. The van der Waals surface area contributed by atoms with E-state index in [1.54, 1.807) is 24.0 Å². The fourth-order valence-corrected chi connectivity index (χ4v) is 3.81. The van der Waals surface area contributed by atoms with E-state index in [9.17, 15) is 9.59 Å². The summed E-state index contributed by atoms with van der Waals surface area (Å²) in [6.07, 6.45) is 3.35. The van der Waals surface area contributed by atoms with Crippen LogP contribution in [0.15, 0.2) is 71.8 Å². The van der Waals surface area contributed by atoms with Gasteiger partial charge in [-0.3, -0.25) is 4.79 Å². The summed E-state index contributed by atoms with van der Waals surface area (Å²) < 4.78 is 4.35. The highest BCUT2D eigenvalue weighted by Gasteiger charge is 2.18. The Morgan fingerprint density at radius 1 is 1.00 bits per heavy atom. The first kappa shape index (κ1) is 19.7. The number of rotatable bonds is 4. The molecule has 0 aliphatic carbocycles. The van der Waals surface area contributed by atoms with Crippen molar-refractivity contribution in [1.82, 2.24) is 23.8 Å². The number of nitrogens with zero attached hydrogens (tertiary/aromatic N) is 6. The van der Waals surface area contributed by atoms with Crippen LogP contribution in [-0.4, -0.2) is 36.8 Å². The summed E-state index contributed by atoms with van der Waals surface area (Å²) >= 11 is 0. The van der Waals surface area contributed by atoms with Gasteiger partial charge in [-0.2, -0.15) is 5.10 Å². The smallest absolute Gasteiger partial charge is 0.314 e. The monoisotopic (exact) mass is 426 g/mol. The zero-order chi connectivity index (χ0) is 22.4. The van der Waals surface area contributed by atoms with Crippen LogP contribution >= 0.6 is 0 Å². The quantitative estimate of drug-likeness (QED) is 0.443. The minimum Gasteiger partial charge on any atom is -0.314 e. The molecule has 3 aromatic heterocycles. The van der Waals surface area contributed by atoms with E-state index in [1.165, 1.54) is 14.0 Å². The summed E-state index contributed by atoms with van der Waals surface area (Å²) in [5.41, 5.74) is 5.65. The minimum atomic E-state index is -0.369. The molecular formula is C24H22N6O2. The van der Waals surface area contributed by atoms with Crippen molar-refractivity contribution in [3.63, 3.8) is 0 Å². The molecule has 0 aliphatic rings. The fraction of sp³-hybridized carbons (Fsp3) is 0.167. The molecule has 0 atom stereocenters. The van der Waals surface area contributed by atoms with E-state index in [0.717, 1.165) is 28.1 Å². The van der Waals surface area contributed by atoms with Crippen molar-refractivity contribution in [3.05, 3.63) is 88.6 Å². The first-order valence-electron chi connectivity index (χ1n) is 10.3. The second-order valence-electron chi connectivity index (χ2n) is 7.90. The van der Waals surface area contributed by atoms with Crippen LogP contribution in [0.1, 0.15) is 11.1 Å². The molecule has 0 saturated heterocycles. The SMILES string of the molecule is Cc1ccc(C)c(-c2cc3c4nn(CC(=O)N(C)c5ccccc5)c(=O)n4ccn3n2)c1. The minimum absolute atomic E-state index is 0.157. The van der Waals surface area contributed by atoms with Crippen molar-refractivity contribution >= 4 is 22.8 Å². The standard InChI is InChI=1S/C24H22N6O2/c1-16-9-10-17(2)19(13-16)20-14-21-23-26-30(24(32)28(23)11-12-29(21)25-20)15-22(31)27(3)18-7-5-4-6-8-18/h4-14H,15H2,1-3H3. The van der Waals surface area contributed by atoms with Crippen LogP contribution in [0.5, 0.6) is 0 Å². The second-order valence-corrected chi connectivity index (χ2v) is 7.90. The Morgan fingerprint density at radius 3 is 2.56 bits per heavy atom. The molecule has 0 fully saturated rings. The third-order valence-corrected chi connectivity index (χ3v) is 5.66. The van der Waals surface area contributed by atoms with Crippen LogP contribution in [-0.2, 0) is 11.3 Å². The van der Waals surface area contributed by atoms with E-state index in [1.807, 2.05) is 50.2 Å². The maximum Gasteiger partial charge on any atom is 0.350 e. The number of hydrogen-bond donors (Lipinski definition) is 0. The van der Waals surface area contributed by atoms with Crippen LogP contribution in [0.2, 0.25) is 0 Å². The highest BCUT2D eigenvalue weighted by molar-refractivity contribution is 5.92. The molecule has 1 amide bonds. The Labute approximate surface area is 183 Å². The maximum atomic E-state index is 12.9. The maximum absolute atomic E-state index is 12.9. The summed E-state index contributed by atoms with van der Waals surface area (Å²) in [6, 6.07) is 17.4. The van der Waals surface area contributed by atoms with Crippen LogP contribution in [0.25, 0.3) is 22.4 Å². The highest BCUT2D eigenvalue weighted by Crippen LogP contribution is 2.25. The van der Waals surface area contributed by atoms with E-state index in [4.69, 9.17) is 0 Å². The van der Waals surface area contributed by atoms with Crippen molar-refractivity contribution in [2.24, 2.45) is 0 Å². The lowest BCUT2D eigenvalue weighted by Crippen LogP contribution is -2.34. The van der Waals surface area contributed by atoms with E-state index in [-0.39, 0.29) is 18.1 Å². The van der Waals surface area contributed by atoms with E-state index in [2.05, 4.69) is 28.4 Å². The van der Waals surface area contributed by atoms with Crippen molar-refractivity contribution in [2.75, 3.05) is 11.9 Å². The summed E-state index contributed by atoms with van der Waals surface area (Å²) in [5.74, 6) is -0.234. The zero-order valence-electron chi connectivity index (χ0n) is 18.1. The predicted octanol–water partition coefficient (Wildman–Crippen LogP) is 3.09. The van der Waals surface area contributed by atoms with E-state index < -0.39 is 0 Å². The number of amides is 1. The van der Waals surface area contributed by atoms with Gasteiger partial charge in [-0.1, -0.05) is 35.9 Å². The molecule has 0 spiro atoms. The van der Waals surface area contributed by atoms with Gasteiger partial charge in [0.25, 0.3) is 0 Å². The van der Waals surface area contributed by atoms with Crippen molar-refractivity contribution < 1.29 is 4.79 Å². The number of benzene rings is 2. The molecule has 5 aromatic rings. The lowest BCUT2D eigenvalue weighted by Gasteiger charge is -2.16. The van der Waals surface area contributed by atoms with Gasteiger partial charge in [0.05, 0.1) is 5.69 Å². The summed E-state index contributed by atoms with van der Waals surface area (Å²) in [5, 5.41) is 9.14. The number of likely N-dealkylation sites (N-methyl/N-ethyl adjacent to an activating group) is 1. The lowest BCUT2D eigenvalue weighted by atomic mass is 10.0. The number of para-hydroxylation sites is 1. The number of anilines is 1. The average molecular weight is 426 g/mol. The van der Waals surface area contributed by atoms with Gasteiger partial charge in [-0.05, 0) is 43.7 Å². The Hall–Kier alpha value is -4.20. The highest BCUT2D eigenvalue weighted by atomic mass is 16.2. The van der Waals surface area contributed by atoms with Crippen LogP contribution in [0, 0.1) is 13.8 Å². The fourth-order valence-electron chi connectivity index (χ4n) is 3.81. The Kier molecular flexibility index (Phi) is 4.62. The molecule has 8 nitrogen and oxygen atoms in total. The topological polar surface area (TPSA) is 76.9 Å². The number of carbonyl (C=O) groups is 1. The van der Waals surface area contributed by atoms with Gasteiger partial charge >= 0.3 is 5.69 Å². The number of fused-ring (bicyclic) bond motifs is 3. The van der Waals surface area contributed by atoms with Gasteiger partial charge in [-0.25, -0.2) is 18.4 Å². The Balaban J connectivity index is 1.55. The van der Waals surface area contributed by atoms with Crippen LogP contribution < -0.4 is 10.6 Å². The Bertz CT molecular complexity index is 1530. The molecule has 0 saturated carbocycles. The van der Waals surface area contributed by atoms with Gasteiger partial charge in [0, 0.05) is 30.7 Å². The van der Waals surface area contributed by atoms with E-state index in [0.29, 0.717) is 11.2 Å². The molecule has 0 bridgehead atoms. The van der Waals surface area contributed by atoms with Gasteiger partial charge in [0.1, 0.15) is 12.1 Å². The molecule has 0 unspecified atom stereocenters. The number of carbonyl (C=O) groups excluding carboxylic acids is 1. The van der Waals surface area contributed by atoms with Crippen molar-refractivity contribution in [2.45, 2.75) is 20.4 Å². The second kappa shape index (κ2) is 7.49. The first-order valence-corrected chi connectivity index (χ1v) is 10.3.